The van der Waals surface area contributed by atoms with E-state index in [4.69, 9.17) is 4.74 Å². The third kappa shape index (κ3) is 3.34. The molecular formula is C20H26N4O3S2. The molecule has 1 amide bonds. The number of ether oxygens (including phenoxy) is 1. The summed E-state index contributed by atoms with van der Waals surface area (Å²) in [5.74, 6) is -0.306. The zero-order valence-electron chi connectivity index (χ0n) is 17.4. The Morgan fingerprint density at radius 1 is 1.34 bits per heavy atom. The van der Waals surface area contributed by atoms with E-state index in [0.29, 0.717) is 10.8 Å². The summed E-state index contributed by atoms with van der Waals surface area (Å²) in [6.45, 7) is 6.47. The van der Waals surface area contributed by atoms with E-state index in [1.165, 1.54) is 29.1 Å². The lowest BCUT2D eigenvalue weighted by Gasteiger charge is -2.34. The Morgan fingerprint density at radius 2 is 2.10 bits per heavy atom. The minimum absolute atomic E-state index is 0.0305. The van der Waals surface area contributed by atoms with Gasteiger partial charge in [0.25, 0.3) is 5.91 Å². The first-order valence-electron chi connectivity index (χ1n) is 9.72. The summed E-state index contributed by atoms with van der Waals surface area (Å²) >= 11 is 2.79. The Bertz CT molecular complexity index is 975. The molecule has 0 aromatic carbocycles. The van der Waals surface area contributed by atoms with Crippen LogP contribution in [0.3, 0.4) is 0 Å². The van der Waals surface area contributed by atoms with Crippen molar-refractivity contribution in [1.82, 2.24) is 10.4 Å². The average Bonchev–Trinajstić information content (AvgIpc) is 3.33. The highest BCUT2D eigenvalue weighted by molar-refractivity contribution is 7.29. The summed E-state index contributed by atoms with van der Waals surface area (Å²) < 4.78 is 6.10. The van der Waals surface area contributed by atoms with Gasteiger partial charge in [0.2, 0.25) is 0 Å². The maximum absolute atomic E-state index is 12.3. The van der Waals surface area contributed by atoms with Crippen molar-refractivity contribution < 1.29 is 14.3 Å². The molecule has 0 aliphatic heterocycles. The number of hydrazone groups is 1. The topological polar surface area (TPSA) is 83.9 Å². The van der Waals surface area contributed by atoms with Gasteiger partial charge in [-0.2, -0.15) is 5.10 Å². The first-order chi connectivity index (χ1) is 13.6. The van der Waals surface area contributed by atoms with E-state index in [2.05, 4.69) is 36.3 Å². The Morgan fingerprint density at radius 3 is 2.69 bits per heavy atom. The summed E-state index contributed by atoms with van der Waals surface area (Å²) in [5, 5.41) is 5.28. The van der Waals surface area contributed by atoms with Crippen molar-refractivity contribution in [3.8, 4) is 0 Å². The molecule has 9 heteroatoms. The monoisotopic (exact) mass is 434 g/mol. The standard InChI is InChI=1S/C20H26N4O3S2/c1-19(2)11-6-7-20(19,3)14(8-11)22-23-15(25)10-27-17(26)13-9-12-16(28-13)21-18(29-12)24(4)5/h9,11H,6-8,10H2,1-5H3,(H,23,25)/b22-14+. The van der Waals surface area contributed by atoms with E-state index in [1.54, 1.807) is 6.07 Å². The maximum Gasteiger partial charge on any atom is 0.348 e. The van der Waals surface area contributed by atoms with E-state index >= 15 is 0 Å². The van der Waals surface area contributed by atoms with Crippen LogP contribution in [0, 0.1) is 16.7 Å². The lowest BCUT2D eigenvalue weighted by Crippen LogP contribution is -2.34. The zero-order chi connectivity index (χ0) is 21.0. The van der Waals surface area contributed by atoms with Crippen molar-refractivity contribution in [1.29, 1.82) is 0 Å². The summed E-state index contributed by atoms with van der Waals surface area (Å²) in [6.07, 6.45) is 3.25. The molecule has 7 nitrogen and oxygen atoms in total. The molecule has 0 radical (unpaired) electrons. The molecule has 0 spiro atoms. The van der Waals surface area contributed by atoms with Gasteiger partial charge < -0.3 is 9.64 Å². The van der Waals surface area contributed by atoms with Gasteiger partial charge in [-0.1, -0.05) is 32.1 Å². The highest BCUT2D eigenvalue weighted by Gasteiger charge is 2.60. The minimum Gasteiger partial charge on any atom is -0.451 e. The fraction of sp³-hybridized carbons (Fsp3) is 0.600. The van der Waals surface area contributed by atoms with E-state index in [0.717, 1.165) is 33.2 Å². The number of carbonyl (C=O) groups is 2. The summed E-state index contributed by atoms with van der Waals surface area (Å²) in [5.41, 5.74) is 3.87. The number of hydrogen-bond acceptors (Lipinski definition) is 8. The molecule has 0 saturated heterocycles. The number of nitrogens with zero attached hydrogens (tertiary/aromatic N) is 3. The lowest BCUT2D eigenvalue weighted by atomic mass is 9.70. The van der Waals surface area contributed by atoms with Crippen LogP contribution in [0.5, 0.6) is 0 Å². The Hall–Kier alpha value is -2.00. The average molecular weight is 435 g/mol. The van der Waals surface area contributed by atoms with Gasteiger partial charge in [-0.3, -0.25) is 4.79 Å². The molecule has 2 heterocycles. The van der Waals surface area contributed by atoms with Crippen molar-refractivity contribution in [3.63, 3.8) is 0 Å². The molecule has 2 aliphatic carbocycles. The molecule has 2 saturated carbocycles. The van der Waals surface area contributed by atoms with Crippen LogP contribution in [-0.2, 0) is 9.53 Å². The van der Waals surface area contributed by atoms with Gasteiger partial charge in [0.1, 0.15) is 9.71 Å². The van der Waals surface area contributed by atoms with E-state index < -0.39 is 11.9 Å². The van der Waals surface area contributed by atoms with Gasteiger partial charge >= 0.3 is 5.97 Å². The molecule has 2 bridgehead atoms. The van der Waals surface area contributed by atoms with Crippen LogP contribution in [0.25, 0.3) is 9.53 Å². The van der Waals surface area contributed by atoms with Crippen molar-refractivity contribution in [2.75, 3.05) is 25.6 Å². The summed E-state index contributed by atoms with van der Waals surface area (Å²) in [7, 11) is 3.86. The number of aromatic nitrogens is 1. The largest absolute Gasteiger partial charge is 0.451 e. The van der Waals surface area contributed by atoms with Crippen molar-refractivity contribution in [3.05, 3.63) is 10.9 Å². The van der Waals surface area contributed by atoms with Crippen LogP contribution < -0.4 is 10.3 Å². The molecule has 4 rings (SSSR count). The lowest BCUT2D eigenvalue weighted by molar-refractivity contribution is -0.124. The number of thiophene rings is 1. The van der Waals surface area contributed by atoms with Crippen LogP contribution in [0.15, 0.2) is 11.2 Å². The normalized spacial score (nSPS) is 26.2. The highest BCUT2D eigenvalue weighted by Crippen LogP contribution is 2.63. The number of hydrogen-bond donors (Lipinski definition) is 1. The molecule has 2 aliphatic rings. The second-order valence-corrected chi connectivity index (χ2v) is 10.9. The van der Waals surface area contributed by atoms with Gasteiger partial charge in [-0.25, -0.2) is 15.2 Å². The van der Waals surface area contributed by atoms with Crippen LogP contribution >= 0.6 is 22.7 Å². The quantitative estimate of drug-likeness (QED) is 0.570. The molecule has 2 atom stereocenters. The van der Waals surface area contributed by atoms with Crippen molar-refractivity contribution >= 4 is 54.9 Å². The molecule has 2 unspecified atom stereocenters. The first-order valence-corrected chi connectivity index (χ1v) is 11.4. The summed E-state index contributed by atoms with van der Waals surface area (Å²) in [6, 6.07) is 1.77. The molecular weight excluding hydrogens is 408 g/mol. The molecule has 2 aromatic heterocycles. The Labute approximate surface area is 178 Å². The number of anilines is 1. The minimum atomic E-state index is -0.512. The van der Waals surface area contributed by atoms with Crippen LogP contribution in [-0.4, -0.2) is 43.3 Å². The molecule has 2 aromatic rings. The van der Waals surface area contributed by atoms with Gasteiger partial charge in [-0.05, 0) is 36.7 Å². The first kappa shape index (κ1) is 20.3. The zero-order valence-corrected chi connectivity index (χ0v) is 19.0. The number of thiazole rings is 1. The third-order valence-electron chi connectivity index (χ3n) is 6.82. The van der Waals surface area contributed by atoms with E-state index in [9.17, 15) is 9.59 Å². The number of esters is 1. The van der Waals surface area contributed by atoms with Gasteiger partial charge in [0, 0.05) is 25.2 Å². The SMILES string of the molecule is CN(C)c1nc2sc(C(=O)OCC(=O)N/N=C3\CC4CCC3(C)C4(C)C)cc2s1. The van der Waals surface area contributed by atoms with Crippen molar-refractivity contribution in [2.45, 2.75) is 40.0 Å². The number of fused-ring (bicyclic) bond motifs is 3. The highest BCUT2D eigenvalue weighted by atomic mass is 32.1. The predicted octanol–water partition coefficient (Wildman–Crippen LogP) is 3.90. The second-order valence-electron chi connectivity index (χ2n) is 8.83. The second kappa shape index (κ2) is 7.05. The van der Waals surface area contributed by atoms with E-state index in [1.807, 2.05) is 19.0 Å². The molecule has 2 fully saturated rings. The smallest absolute Gasteiger partial charge is 0.348 e. The molecule has 1 N–H and O–H groups in total. The Balaban J connectivity index is 1.33. The third-order valence-corrected chi connectivity index (χ3v) is 9.13. The number of rotatable bonds is 5. The molecule has 29 heavy (non-hydrogen) atoms. The van der Waals surface area contributed by atoms with Crippen LogP contribution in [0.4, 0.5) is 5.13 Å². The van der Waals surface area contributed by atoms with Gasteiger partial charge in [-0.15, -0.1) is 11.3 Å². The number of nitrogens with one attached hydrogen (secondary N) is 1. The fourth-order valence-electron chi connectivity index (χ4n) is 4.48. The van der Waals surface area contributed by atoms with Crippen molar-refractivity contribution in [2.24, 2.45) is 21.8 Å². The van der Waals surface area contributed by atoms with Crippen LogP contribution in [0.2, 0.25) is 0 Å². The summed E-state index contributed by atoms with van der Waals surface area (Å²) in [4.78, 5) is 32.1. The fourth-order valence-corrected chi connectivity index (χ4v) is 6.50. The Kier molecular flexibility index (Phi) is 4.93. The number of amides is 1. The predicted molar refractivity (Wildman–Crippen MR) is 117 cm³/mol. The van der Waals surface area contributed by atoms with Gasteiger partial charge in [0.05, 0.1) is 4.70 Å². The van der Waals surface area contributed by atoms with Crippen LogP contribution in [0.1, 0.15) is 49.7 Å². The van der Waals surface area contributed by atoms with E-state index in [-0.39, 0.29) is 17.4 Å². The maximum atomic E-state index is 12.3. The number of carbonyl (C=O) groups excluding carboxylic acids is 2. The molecule has 156 valence electrons. The van der Waals surface area contributed by atoms with Gasteiger partial charge in [0.15, 0.2) is 11.7 Å².